The number of hydrogen-bond donors (Lipinski definition) is 2. The van der Waals surface area contributed by atoms with Gasteiger partial charge in [0.1, 0.15) is 5.75 Å². The molecule has 4 heteroatoms. The third-order valence-electron chi connectivity index (χ3n) is 2.58. The molecule has 86 valence electrons. The highest BCUT2D eigenvalue weighted by Crippen LogP contribution is 2.12. The summed E-state index contributed by atoms with van der Waals surface area (Å²) in [6.07, 6.45) is 1.16. The Morgan fingerprint density at radius 3 is 2.88 bits per heavy atom. The van der Waals surface area contributed by atoms with Crippen LogP contribution in [0.4, 0.5) is 0 Å². The van der Waals surface area contributed by atoms with Crippen molar-refractivity contribution in [3.63, 3.8) is 0 Å². The molecule has 1 aliphatic rings. The average Bonchev–Trinajstić information content (AvgIpc) is 2.46. The average molecular weight is 221 g/mol. The van der Waals surface area contributed by atoms with Crippen molar-refractivity contribution in [1.29, 1.82) is 0 Å². The van der Waals surface area contributed by atoms with Gasteiger partial charge in [0, 0.05) is 6.42 Å². The quantitative estimate of drug-likeness (QED) is 0.778. The molecule has 1 unspecified atom stereocenters. The second-order valence-corrected chi connectivity index (χ2v) is 3.96. The number of carbonyl (C=O) groups is 1. The van der Waals surface area contributed by atoms with Gasteiger partial charge in [0.2, 0.25) is 5.91 Å². The molecular formula is C12H15NO3. The zero-order valence-corrected chi connectivity index (χ0v) is 8.98. The molecule has 2 rings (SSSR count). The van der Waals surface area contributed by atoms with Crippen LogP contribution < -0.4 is 5.32 Å². The summed E-state index contributed by atoms with van der Waals surface area (Å²) in [7, 11) is 0. The van der Waals surface area contributed by atoms with Crippen molar-refractivity contribution in [2.24, 2.45) is 0 Å². The van der Waals surface area contributed by atoms with Gasteiger partial charge in [0.05, 0.1) is 19.3 Å². The number of aromatic hydroxyl groups is 1. The van der Waals surface area contributed by atoms with Gasteiger partial charge >= 0.3 is 0 Å². The minimum absolute atomic E-state index is 0.0274. The zero-order valence-electron chi connectivity index (χ0n) is 8.98. The van der Waals surface area contributed by atoms with E-state index in [1.54, 1.807) is 12.1 Å². The van der Waals surface area contributed by atoms with Gasteiger partial charge in [-0.2, -0.15) is 0 Å². The first kappa shape index (κ1) is 11.0. The van der Waals surface area contributed by atoms with Gasteiger partial charge in [-0.3, -0.25) is 4.79 Å². The van der Waals surface area contributed by atoms with E-state index < -0.39 is 0 Å². The van der Waals surface area contributed by atoms with E-state index in [0.717, 1.165) is 12.0 Å². The summed E-state index contributed by atoms with van der Waals surface area (Å²) in [6, 6.07) is 7.03. The van der Waals surface area contributed by atoms with Gasteiger partial charge in [-0.05, 0) is 24.1 Å². The molecule has 4 nitrogen and oxygen atoms in total. The molecule has 1 saturated heterocycles. The highest BCUT2D eigenvalue weighted by atomic mass is 16.5. The predicted molar refractivity (Wildman–Crippen MR) is 59.2 cm³/mol. The maximum atomic E-state index is 11.3. The van der Waals surface area contributed by atoms with Crippen molar-refractivity contribution < 1.29 is 14.6 Å². The molecule has 1 amide bonds. The van der Waals surface area contributed by atoms with E-state index in [4.69, 9.17) is 9.84 Å². The molecule has 1 aromatic carbocycles. The number of phenols is 1. The molecule has 0 bridgehead atoms. The maximum absolute atomic E-state index is 11.3. The molecule has 1 aromatic rings. The van der Waals surface area contributed by atoms with E-state index in [-0.39, 0.29) is 17.7 Å². The van der Waals surface area contributed by atoms with Gasteiger partial charge in [-0.25, -0.2) is 0 Å². The van der Waals surface area contributed by atoms with E-state index in [9.17, 15) is 4.79 Å². The van der Waals surface area contributed by atoms with Crippen LogP contribution in [0, 0.1) is 0 Å². The van der Waals surface area contributed by atoms with E-state index in [1.807, 2.05) is 12.1 Å². The highest BCUT2D eigenvalue weighted by Gasteiger charge is 2.16. The summed E-state index contributed by atoms with van der Waals surface area (Å²) in [6.45, 7) is 1.05. The smallest absolute Gasteiger partial charge is 0.222 e. The van der Waals surface area contributed by atoms with E-state index >= 15 is 0 Å². The number of nitrogens with one attached hydrogen (secondary N) is 1. The van der Waals surface area contributed by atoms with Crippen LogP contribution in [0.25, 0.3) is 0 Å². The summed E-state index contributed by atoms with van der Waals surface area (Å²) in [5, 5.41) is 12.1. The fourth-order valence-corrected chi connectivity index (χ4v) is 1.76. The number of rotatable bonds is 2. The summed E-state index contributed by atoms with van der Waals surface area (Å²) >= 11 is 0. The fourth-order valence-electron chi connectivity index (χ4n) is 1.76. The molecule has 0 spiro atoms. The monoisotopic (exact) mass is 221 g/mol. The van der Waals surface area contributed by atoms with Gasteiger partial charge < -0.3 is 15.2 Å². The van der Waals surface area contributed by atoms with Crippen LogP contribution in [-0.4, -0.2) is 30.3 Å². The molecular weight excluding hydrogens is 206 g/mol. The van der Waals surface area contributed by atoms with Crippen molar-refractivity contribution in [2.45, 2.75) is 18.9 Å². The van der Waals surface area contributed by atoms with Crippen LogP contribution in [-0.2, 0) is 16.0 Å². The Balaban J connectivity index is 1.97. The lowest BCUT2D eigenvalue weighted by Gasteiger charge is -2.15. The Morgan fingerprint density at radius 1 is 1.38 bits per heavy atom. The molecule has 2 N–H and O–H groups in total. The fraction of sp³-hybridized carbons (Fsp3) is 0.417. The largest absolute Gasteiger partial charge is 0.508 e. The maximum Gasteiger partial charge on any atom is 0.222 e. The third kappa shape index (κ3) is 2.97. The Morgan fingerprint density at radius 2 is 2.12 bits per heavy atom. The Hall–Kier alpha value is -1.55. The first-order chi connectivity index (χ1) is 7.74. The molecule has 16 heavy (non-hydrogen) atoms. The number of benzene rings is 1. The molecule has 1 aliphatic heterocycles. The first-order valence-electron chi connectivity index (χ1n) is 5.39. The van der Waals surface area contributed by atoms with E-state index in [2.05, 4.69) is 5.32 Å². The van der Waals surface area contributed by atoms with Crippen LogP contribution in [0.2, 0.25) is 0 Å². The molecule has 1 atom stereocenters. The van der Waals surface area contributed by atoms with Gasteiger partial charge in [0.25, 0.3) is 0 Å². The van der Waals surface area contributed by atoms with Crippen molar-refractivity contribution >= 4 is 5.91 Å². The highest BCUT2D eigenvalue weighted by molar-refractivity contribution is 5.76. The number of ether oxygens (including phenoxy) is 1. The second-order valence-electron chi connectivity index (χ2n) is 3.96. The minimum atomic E-state index is 0.0274. The zero-order chi connectivity index (χ0) is 11.4. The molecule has 1 fully saturated rings. The van der Waals surface area contributed by atoms with Crippen LogP contribution >= 0.6 is 0 Å². The van der Waals surface area contributed by atoms with Crippen LogP contribution in [0.1, 0.15) is 12.0 Å². The molecule has 0 aromatic heterocycles. The third-order valence-corrected chi connectivity index (χ3v) is 2.58. The lowest BCUT2D eigenvalue weighted by atomic mass is 10.1. The Labute approximate surface area is 94.2 Å². The van der Waals surface area contributed by atoms with Gasteiger partial charge in [-0.1, -0.05) is 12.1 Å². The summed E-state index contributed by atoms with van der Waals surface area (Å²) in [5.74, 6) is 0.297. The van der Waals surface area contributed by atoms with Crippen molar-refractivity contribution in [1.82, 2.24) is 5.32 Å². The molecule has 0 saturated carbocycles. The second kappa shape index (κ2) is 4.99. The van der Waals surface area contributed by atoms with Crippen LogP contribution in [0.15, 0.2) is 24.3 Å². The lowest BCUT2D eigenvalue weighted by molar-refractivity contribution is -0.121. The van der Waals surface area contributed by atoms with Crippen molar-refractivity contribution in [3.8, 4) is 5.75 Å². The normalized spacial score (nSPS) is 21.2. The van der Waals surface area contributed by atoms with Crippen molar-refractivity contribution in [2.75, 3.05) is 13.2 Å². The lowest BCUT2D eigenvalue weighted by Crippen LogP contribution is -2.37. The summed E-state index contributed by atoms with van der Waals surface area (Å²) < 4.78 is 5.34. The standard InChI is InChI=1S/C12H15NO3/c14-11-3-1-9(2-4-11)7-10-8-16-6-5-12(15)13-10/h1-4,10,14H,5-8H2,(H,13,15). The topological polar surface area (TPSA) is 58.6 Å². The first-order valence-corrected chi connectivity index (χ1v) is 5.39. The number of phenolic OH excluding ortho intramolecular Hbond substituents is 1. The number of hydrogen-bond acceptors (Lipinski definition) is 3. The van der Waals surface area contributed by atoms with Crippen LogP contribution in [0.3, 0.4) is 0 Å². The number of amides is 1. The van der Waals surface area contributed by atoms with E-state index in [1.165, 1.54) is 0 Å². The van der Waals surface area contributed by atoms with Gasteiger partial charge in [-0.15, -0.1) is 0 Å². The SMILES string of the molecule is O=C1CCOCC(Cc2ccc(O)cc2)N1. The van der Waals surface area contributed by atoms with E-state index in [0.29, 0.717) is 19.6 Å². The number of carbonyl (C=O) groups excluding carboxylic acids is 1. The minimum Gasteiger partial charge on any atom is -0.508 e. The molecule has 1 heterocycles. The predicted octanol–water partition coefficient (Wildman–Crippen LogP) is 0.840. The summed E-state index contributed by atoms with van der Waals surface area (Å²) in [5.41, 5.74) is 1.08. The molecule has 0 aliphatic carbocycles. The van der Waals surface area contributed by atoms with Gasteiger partial charge in [0.15, 0.2) is 0 Å². The Bertz CT molecular complexity index is 361. The van der Waals surface area contributed by atoms with Crippen LogP contribution in [0.5, 0.6) is 5.75 Å². The summed E-state index contributed by atoms with van der Waals surface area (Å²) in [4.78, 5) is 11.3. The van der Waals surface area contributed by atoms with Crippen molar-refractivity contribution in [3.05, 3.63) is 29.8 Å². The molecule has 0 radical (unpaired) electrons. The Kier molecular flexibility index (Phi) is 3.41.